The predicted molar refractivity (Wildman–Crippen MR) is 93.7 cm³/mol. The first-order valence-corrected chi connectivity index (χ1v) is 7.22. The molecule has 0 aliphatic heterocycles. The van der Waals surface area contributed by atoms with Crippen molar-refractivity contribution in [2.45, 2.75) is 0 Å². The van der Waals surface area contributed by atoms with Crippen LogP contribution in [0.2, 0.25) is 0 Å². The maximum absolute atomic E-state index is 8.88. The molecular formula is C19H18N2O3. The van der Waals surface area contributed by atoms with Crippen LogP contribution in [0.5, 0.6) is 17.2 Å². The normalized spacial score (nSPS) is 10.0. The molecule has 3 rings (SSSR count). The van der Waals surface area contributed by atoms with Gasteiger partial charge in [-0.1, -0.05) is 12.2 Å². The van der Waals surface area contributed by atoms with E-state index in [1.807, 2.05) is 24.3 Å². The van der Waals surface area contributed by atoms with Crippen LogP contribution in [0.4, 0.5) is 0 Å². The van der Waals surface area contributed by atoms with Crippen LogP contribution in [0.25, 0.3) is 12.2 Å². The molecule has 0 spiro atoms. The molecule has 0 saturated heterocycles. The number of phenolic OH excluding ortho intramolecular Hbond substituents is 2. The quantitative estimate of drug-likeness (QED) is 0.768. The Kier molecular flexibility index (Phi) is 6.35. The summed E-state index contributed by atoms with van der Waals surface area (Å²) in [6.45, 7) is 0. The van der Waals surface area contributed by atoms with Gasteiger partial charge in [0, 0.05) is 43.0 Å². The lowest BCUT2D eigenvalue weighted by molar-refractivity contribution is 0.398. The van der Waals surface area contributed by atoms with Crippen molar-refractivity contribution in [3.05, 3.63) is 78.4 Å². The monoisotopic (exact) mass is 322 g/mol. The molecule has 0 fully saturated rings. The van der Waals surface area contributed by atoms with Crippen molar-refractivity contribution in [1.82, 2.24) is 9.97 Å². The van der Waals surface area contributed by atoms with Crippen LogP contribution in [0, 0.1) is 0 Å². The van der Waals surface area contributed by atoms with Gasteiger partial charge in [0.15, 0.2) is 0 Å². The van der Waals surface area contributed by atoms with Gasteiger partial charge in [-0.15, -0.1) is 0 Å². The van der Waals surface area contributed by atoms with E-state index < -0.39 is 0 Å². The van der Waals surface area contributed by atoms with Crippen LogP contribution in [0.1, 0.15) is 11.1 Å². The molecule has 0 atom stereocenters. The molecule has 0 aliphatic carbocycles. The minimum absolute atomic E-state index is 0.00292. The summed E-state index contributed by atoms with van der Waals surface area (Å²) in [6, 6.07) is 12.0. The second kappa shape index (κ2) is 8.95. The van der Waals surface area contributed by atoms with E-state index in [4.69, 9.17) is 14.9 Å². The first kappa shape index (κ1) is 17.0. The van der Waals surface area contributed by atoms with E-state index in [-0.39, 0.29) is 11.5 Å². The van der Waals surface area contributed by atoms with E-state index in [1.165, 1.54) is 25.3 Å². The molecule has 122 valence electrons. The molecular weight excluding hydrogens is 304 g/mol. The molecule has 0 radical (unpaired) electrons. The molecule has 5 heteroatoms. The van der Waals surface area contributed by atoms with Crippen molar-refractivity contribution in [3.63, 3.8) is 0 Å². The number of methoxy groups -OCH3 is 1. The molecule has 0 unspecified atom stereocenters. The second-order valence-corrected chi connectivity index (χ2v) is 4.78. The Morgan fingerprint density at radius 2 is 1.17 bits per heavy atom. The van der Waals surface area contributed by atoms with Crippen molar-refractivity contribution in [2.24, 2.45) is 0 Å². The number of pyridine rings is 2. The third kappa shape index (κ3) is 5.81. The number of ether oxygens (including phenoxy) is 1. The maximum Gasteiger partial charge on any atom is 0.126 e. The van der Waals surface area contributed by atoms with Crippen molar-refractivity contribution < 1.29 is 14.9 Å². The van der Waals surface area contributed by atoms with Gasteiger partial charge in [-0.25, -0.2) is 0 Å². The molecule has 2 heterocycles. The number of aromatic hydroxyl groups is 2. The maximum atomic E-state index is 8.88. The topological polar surface area (TPSA) is 75.5 Å². The summed E-state index contributed by atoms with van der Waals surface area (Å²) in [5, 5.41) is 17.8. The average Bonchev–Trinajstić information content (AvgIpc) is 2.61. The fourth-order valence-electron chi connectivity index (χ4n) is 1.83. The standard InChI is InChI=1S/C12H10N2.C7H8O3/c1(11-3-7-13-8-4-11)2-12-5-9-14-10-6-12;1-10-7-3-5(8)2-6(9)4-7/h1-10H;2-4,8-9H,1H3/b2-1+;. The predicted octanol–water partition coefficient (Wildman–Crippen LogP) is 3.75. The van der Waals surface area contributed by atoms with E-state index in [0.717, 1.165) is 11.1 Å². The SMILES string of the molecule is C(=C\c1ccncc1)/c1ccncc1.COc1cc(O)cc(O)c1. The number of rotatable bonds is 3. The number of nitrogens with zero attached hydrogens (tertiary/aromatic N) is 2. The minimum atomic E-state index is -0.00292. The zero-order chi connectivity index (χ0) is 17.2. The number of hydrogen-bond acceptors (Lipinski definition) is 5. The minimum Gasteiger partial charge on any atom is -0.508 e. The molecule has 0 aliphatic rings. The number of hydrogen-bond donors (Lipinski definition) is 2. The van der Waals surface area contributed by atoms with Gasteiger partial charge in [-0.2, -0.15) is 0 Å². The van der Waals surface area contributed by atoms with Crippen LogP contribution in [0.15, 0.2) is 67.3 Å². The third-order valence-electron chi connectivity index (χ3n) is 2.99. The van der Waals surface area contributed by atoms with Crippen molar-refractivity contribution >= 4 is 12.2 Å². The molecule has 0 amide bonds. The summed E-state index contributed by atoms with van der Waals surface area (Å²) >= 11 is 0. The molecule has 0 bridgehead atoms. The van der Waals surface area contributed by atoms with Crippen LogP contribution in [-0.2, 0) is 0 Å². The molecule has 2 aromatic heterocycles. The molecule has 2 N–H and O–H groups in total. The van der Waals surface area contributed by atoms with E-state index in [9.17, 15) is 0 Å². The highest BCUT2D eigenvalue weighted by molar-refractivity contribution is 5.68. The number of phenols is 2. The van der Waals surface area contributed by atoms with Crippen LogP contribution >= 0.6 is 0 Å². The fourth-order valence-corrected chi connectivity index (χ4v) is 1.83. The van der Waals surface area contributed by atoms with Gasteiger partial charge in [-0.05, 0) is 35.4 Å². The molecule has 0 saturated carbocycles. The van der Waals surface area contributed by atoms with Crippen molar-refractivity contribution in [1.29, 1.82) is 0 Å². The van der Waals surface area contributed by atoms with Gasteiger partial charge in [0.05, 0.1) is 7.11 Å². The molecule has 1 aromatic carbocycles. The van der Waals surface area contributed by atoms with Gasteiger partial charge in [0.25, 0.3) is 0 Å². The van der Waals surface area contributed by atoms with E-state index in [0.29, 0.717) is 5.75 Å². The van der Waals surface area contributed by atoms with E-state index in [2.05, 4.69) is 22.1 Å². The summed E-state index contributed by atoms with van der Waals surface area (Å²) in [4.78, 5) is 7.91. The van der Waals surface area contributed by atoms with Crippen molar-refractivity contribution in [3.8, 4) is 17.2 Å². The summed E-state index contributed by atoms with van der Waals surface area (Å²) in [5.74, 6) is 0.436. The van der Waals surface area contributed by atoms with Gasteiger partial charge in [-0.3, -0.25) is 9.97 Å². The largest absolute Gasteiger partial charge is 0.508 e. The van der Waals surface area contributed by atoms with Crippen LogP contribution in [-0.4, -0.2) is 27.3 Å². The van der Waals surface area contributed by atoms with Gasteiger partial charge < -0.3 is 14.9 Å². The summed E-state index contributed by atoms with van der Waals surface area (Å²) < 4.78 is 4.76. The Morgan fingerprint density at radius 1 is 0.750 bits per heavy atom. The number of benzene rings is 1. The first-order valence-electron chi connectivity index (χ1n) is 7.22. The average molecular weight is 322 g/mol. The highest BCUT2D eigenvalue weighted by Crippen LogP contribution is 2.24. The molecule has 24 heavy (non-hydrogen) atoms. The van der Waals surface area contributed by atoms with E-state index >= 15 is 0 Å². The van der Waals surface area contributed by atoms with Crippen molar-refractivity contribution in [2.75, 3.05) is 7.11 Å². The lowest BCUT2D eigenvalue weighted by Gasteiger charge is -1.99. The second-order valence-electron chi connectivity index (χ2n) is 4.78. The van der Waals surface area contributed by atoms with E-state index in [1.54, 1.807) is 24.8 Å². The summed E-state index contributed by atoms with van der Waals surface area (Å²) in [5.41, 5.74) is 2.30. The zero-order valence-electron chi connectivity index (χ0n) is 13.2. The highest BCUT2D eigenvalue weighted by atomic mass is 16.5. The lowest BCUT2D eigenvalue weighted by atomic mass is 10.2. The first-order chi connectivity index (χ1) is 11.7. The summed E-state index contributed by atoms with van der Waals surface area (Å²) in [7, 11) is 1.47. The Bertz CT molecular complexity index is 713. The lowest BCUT2D eigenvalue weighted by Crippen LogP contribution is -1.80. The van der Waals surface area contributed by atoms with Gasteiger partial charge in [0.2, 0.25) is 0 Å². The van der Waals surface area contributed by atoms with Gasteiger partial charge >= 0.3 is 0 Å². The fraction of sp³-hybridized carbons (Fsp3) is 0.0526. The summed E-state index contributed by atoms with van der Waals surface area (Å²) in [6.07, 6.45) is 11.2. The Hall–Kier alpha value is -3.34. The Labute approximate surface area is 140 Å². The third-order valence-corrected chi connectivity index (χ3v) is 2.99. The number of aromatic nitrogens is 2. The smallest absolute Gasteiger partial charge is 0.126 e. The molecule has 3 aromatic rings. The highest BCUT2D eigenvalue weighted by Gasteiger charge is 1.96. The Balaban J connectivity index is 0.000000185. The van der Waals surface area contributed by atoms with Crippen LogP contribution in [0.3, 0.4) is 0 Å². The van der Waals surface area contributed by atoms with Gasteiger partial charge in [0.1, 0.15) is 17.2 Å². The zero-order valence-corrected chi connectivity index (χ0v) is 13.2. The molecule has 5 nitrogen and oxygen atoms in total. The Morgan fingerprint density at radius 3 is 1.54 bits per heavy atom. The van der Waals surface area contributed by atoms with Crippen LogP contribution < -0.4 is 4.74 Å².